The highest BCUT2D eigenvalue weighted by Crippen LogP contribution is 2.36. The number of hydrogen-bond acceptors (Lipinski definition) is 6. The highest BCUT2D eigenvalue weighted by Gasteiger charge is 2.15. The molecule has 0 aliphatic rings. The first-order chi connectivity index (χ1) is 13.7. The molecule has 2 aromatic carbocycles. The summed E-state index contributed by atoms with van der Waals surface area (Å²) in [5, 5.41) is 9.47. The van der Waals surface area contributed by atoms with E-state index in [9.17, 15) is 4.79 Å². The summed E-state index contributed by atoms with van der Waals surface area (Å²) in [6, 6.07) is 12.2. The van der Waals surface area contributed by atoms with Gasteiger partial charge in [-0.25, -0.2) is 0 Å². The van der Waals surface area contributed by atoms with Crippen molar-refractivity contribution in [2.45, 2.75) is 13.1 Å². The zero-order valence-electron chi connectivity index (χ0n) is 15.7. The highest BCUT2D eigenvalue weighted by atomic mass is 16.5. The average molecular weight is 382 g/mol. The van der Waals surface area contributed by atoms with Gasteiger partial charge in [-0.05, 0) is 36.4 Å². The molecule has 0 saturated heterocycles. The minimum atomic E-state index is -0.244. The predicted octanol–water partition coefficient (Wildman–Crippen LogP) is 2.61. The number of methoxy groups -OCH3 is 2. The van der Waals surface area contributed by atoms with Crippen molar-refractivity contribution >= 4 is 5.91 Å². The number of H-pyrrole nitrogens is 1. The topological polar surface area (TPSA) is 111 Å². The van der Waals surface area contributed by atoms with Crippen molar-refractivity contribution in [1.82, 2.24) is 15.5 Å². The van der Waals surface area contributed by atoms with Gasteiger partial charge in [0.1, 0.15) is 11.5 Å². The van der Waals surface area contributed by atoms with Crippen molar-refractivity contribution in [2.75, 3.05) is 14.2 Å². The van der Waals surface area contributed by atoms with E-state index in [2.05, 4.69) is 15.5 Å². The molecule has 0 radical (unpaired) electrons. The Morgan fingerprint density at radius 3 is 2.54 bits per heavy atom. The van der Waals surface area contributed by atoms with Crippen LogP contribution in [-0.4, -0.2) is 30.3 Å². The molecule has 1 heterocycles. The van der Waals surface area contributed by atoms with E-state index in [1.807, 2.05) is 6.07 Å². The van der Waals surface area contributed by atoms with Crippen LogP contribution in [0, 0.1) is 0 Å². The number of benzene rings is 2. The van der Waals surface area contributed by atoms with Gasteiger partial charge in [-0.15, -0.1) is 0 Å². The van der Waals surface area contributed by atoms with Crippen LogP contribution in [0.2, 0.25) is 0 Å². The molecule has 0 fully saturated rings. The monoisotopic (exact) mass is 382 g/mol. The first kappa shape index (κ1) is 19.2. The van der Waals surface area contributed by atoms with E-state index < -0.39 is 0 Å². The molecule has 8 heteroatoms. The van der Waals surface area contributed by atoms with Gasteiger partial charge < -0.3 is 25.3 Å². The third-order valence-corrected chi connectivity index (χ3v) is 4.16. The molecular weight excluding hydrogens is 360 g/mol. The lowest BCUT2D eigenvalue weighted by Gasteiger charge is -2.16. The Labute approximate surface area is 162 Å². The number of hydrogen-bond donors (Lipinski definition) is 3. The number of rotatable bonds is 8. The summed E-state index contributed by atoms with van der Waals surface area (Å²) in [5.41, 5.74) is 7.82. The normalized spacial score (nSPS) is 10.4. The minimum absolute atomic E-state index is 0.242. The van der Waals surface area contributed by atoms with Gasteiger partial charge >= 0.3 is 0 Å². The van der Waals surface area contributed by atoms with Gasteiger partial charge in [0.05, 0.1) is 32.0 Å². The largest absolute Gasteiger partial charge is 0.496 e. The Morgan fingerprint density at radius 1 is 1.07 bits per heavy atom. The van der Waals surface area contributed by atoms with Gasteiger partial charge in [0.15, 0.2) is 11.5 Å². The van der Waals surface area contributed by atoms with Crippen LogP contribution in [0.1, 0.15) is 21.6 Å². The number of nitrogens with zero attached hydrogens (tertiary/aromatic N) is 1. The molecule has 146 valence electrons. The lowest BCUT2D eigenvalue weighted by Crippen LogP contribution is -2.23. The van der Waals surface area contributed by atoms with Crippen LogP contribution < -0.4 is 25.3 Å². The number of nitrogens with two attached hydrogens (primary N) is 1. The molecular formula is C20H22N4O4. The van der Waals surface area contributed by atoms with Crippen molar-refractivity contribution in [1.29, 1.82) is 0 Å². The second-order valence-electron chi connectivity index (χ2n) is 5.87. The summed E-state index contributed by atoms with van der Waals surface area (Å²) < 4.78 is 16.7. The van der Waals surface area contributed by atoms with E-state index in [0.717, 1.165) is 11.3 Å². The molecule has 0 aliphatic heterocycles. The summed E-state index contributed by atoms with van der Waals surface area (Å²) >= 11 is 0. The first-order valence-electron chi connectivity index (χ1n) is 8.64. The lowest BCUT2D eigenvalue weighted by atomic mass is 10.1. The lowest BCUT2D eigenvalue weighted by molar-refractivity contribution is 0.0950. The van der Waals surface area contributed by atoms with Gasteiger partial charge in [-0.1, -0.05) is 6.07 Å². The third kappa shape index (κ3) is 4.24. The Hall–Kier alpha value is -3.52. The maximum atomic E-state index is 12.5. The second kappa shape index (κ2) is 8.92. The number of amides is 1. The first-order valence-corrected chi connectivity index (χ1v) is 8.64. The summed E-state index contributed by atoms with van der Waals surface area (Å²) in [6.45, 7) is 0.584. The van der Waals surface area contributed by atoms with Crippen molar-refractivity contribution < 1.29 is 19.0 Å². The fraction of sp³-hybridized carbons (Fsp3) is 0.200. The van der Waals surface area contributed by atoms with Crippen LogP contribution in [0.4, 0.5) is 0 Å². The molecule has 0 spiro atoms. The SMILES string of the molecule is COc1ccc(C(=O)NCc2ccn[nH]2)cc1Oc1cccc(OC)c1CN. The van der Waals surface area contributed by atoms with Crippen LogP contribution in [0.25, 0.3) is 0 Å². The maximum absolute atomic E-state index is 12.5. The van der Waals surface area contributed by atoms with Crippen LogP contribution >= 0.6 is 0 Å². The highest BCUT2D eigenvalue weighted by molar-refractivity contribution is 5.94. The van der Waals surface area contributed by atoms with Gasteiger partial charge in [-0.3, -0.25) is 9.89 Å². The van der Waals surface area contributed by atoms with E-state index >= 15 is 0 Å². The number of ether oxygens (including phenoxy) is 3. The van der Waals surface area contributed by atoms with E-state index in [1.54, 1.807) is 49.7 Å². The smallest absolute Gasteiger partial charge is 0.251 e. The summed E-state index contributed by atoms with van der Waals surface area (Å²) in [6.07, 6.45) is 1.63. The molecule has 0 unspecified atom stereocenters. The van der Waals surface area contributed by atoms with Crippen molar-refractivity contribution in [2.24, 2.45) is 5.73 Å². The molecule has 3 rings (SSSR count). The Balaban J connectivity index is 1.84. The standard InChI is InChI=1S/C20H22N4O4/c1-26-16-4-3-5-17(15(16)11-21)28-19-10-13(6-7-18(19)27-2)20(25)22-12-14-8-9-23-24-14/h3-10H,11-12,21H2,1-2H3,(H,22,25)(H,23,24). The van der Waals surface area contributed by atoms with E-state index in [0.29, 0.717) is 35.1 Å². The minimum Gasteiger partial charge on any atom is -0.496 e. The number of carbonyl (C=O) groups excluding carboxylic acids is 1. The number of carbonyl (C=O) groups is 1. The average Bonchev–Trinajstić information content (AvgIpc) is 3.25. The molecule has 1 amide bonds. The molecule has 0 aliphatic carbocycles. The molecule has 0 bridgehead atoms. The van der Waals surface area contributed by atoms with Crippen LogP contribution in [-0.2, 0) is 13.1 Å². The molecule has 0 saturated carbocycles. The van der Waals surface area contributed by atoms with Gasteiger partial charge in [0, 0.05) is 18.3 Å². The van der Waals surface area contributed by atoms with Crippen LogP contribution in [0.15, 0.2) is 48.7 Å². The van der Waals surface area contributed by atoms with Gasteiger partial charge in [-0.2, -0.15) is 5.10 Å². The Morgan fingerprint density at radius 2 is 1.86 bits per heavy atom. The quantitative estimate of drug-likeness (QED) is 0.552. The van der Waals surface area contributed by atoms with E-state index in [-0.39, 0.29) is 12.5 Å². The summed E-state index contributed by atoms with van der Waals surface area (Å²) in [4.78, 5) is 12.5. The molecule has 8 nitrogen and oxygen atoms in total. The molecule has 4 N–H and O–H groups in total. The van der Waals surface area contributed by atoms with Crippen LogP contribution in [0.3, 0.4) is 0 Å². The number of nitrogens with one attached hydrogen (secondary N) is 2. The predicted molar refractivity (Wildman–Crippen MR) is 104 cm³/mol. The summed E-state index contributed by atoms with van der Waals surface area (Å²) in [5.74, 6) is 1.82. The van der Waals surface area contributed by atoms with Crippen LogP contribution in [0.5, 0.6) is 23.0 Å². The van der Waals surface area contributed by atoms with E-state index in [4.69, 9.17) is 19.9 Å². The van der Waals surface area contributed by atoms with Crippen molar-refractivity contribution in [3.63, 3.8) is 0 Å². The maximum Gasteiger partial charge on any atom is 0.251 e. The van der Waals surface area contributed by atoms with Crippen molar-refractivity contribution in [3.05, 3.63) is 65.5 Å². The second-order valence-corrected chi connectivity index (χ2v) is 5.87. The molecule has 28 heavy (non-hydrogen) atoms. The fourth-order valence-electron chi connectivity index (χ4n) is 2.71. The Kier molecular flexibility index (Phi) is 6.13. The number of aromatic nitrogens is 2. The number of aromatic amines is 1. The van der Waals surface area contributed by atoms with Crippen molar-refractivity contribution in [3.8, 4) is 23.0 Å². The third-order valence-electron chi connectivity index (χ3n) is 4.16. The molecule has 1 aromatic heterocycles. The molecule has 0 atom stereocenters. The fourth-order valence-corrected chi connectivity index (χ4v) is 2.71. The van der Waals surface area contributed by atoms with Gasteiger partial charge in [0.2, 0.25) is 0 Å². The Bertz CT molecular complexity index is 941. The van der Waals surface area contributed by atoms with E-state index in [1.165, 1.54) is 7.11 Å². The van der Waals surface area contributed by atoms with Gasteiger partial charge in [0.25, 0.3) is 5.91 Å². The zero-order valence-corrected chi connectivity index (χ0v) is 15.7. The zero-order chi connectivity index (χ0) is 19.9. The molecule has 3 aromatic rings. The summed E-state index contributed by atoms with van der Waals surface area (Å²) in [7, 11) is 3.11.